The molecule has 210 valence electrons. The van der Waals surface area contributed by atoms with Crippen molar-refractivity contribution in [3.8, 4) is 22.8 Å². The molecule has 2 aliphatic heterocycles. The number of nitrogens with one attached hydrogen (secondary N) is 1. The van der Waals surface area contributed by atoms with Crippen molar-refractivity contribution in [2.45, 2.75) is 64.1 Å². The lowest BCUT2D eigenvalue weighted by Crippen LogP contribution is -2.27. The molecule has 2 aromatic carbocycles. The van der Waals surface area contributed by atoms with Crippen LogP contribution in [0.4, 0.5) is 4.39 Å². The maximum absolute atomic E-state index is 13.9. The summed E-state index contributed by atoms with van der Waals surface area (Å²) in [7, 11) is 0. The van der Waals surface area contributed by atoms with Crippen molar-refractivity contribution in [1.29, 1.82) is 0 Å². The number of Topliss-reactive ketones (excluding diaryl/α,β-unsaturated/α-hetero) is 1. The Morgan fingerprint density at radius 1 is 1.27 bits per heavy atom. The molecular weight excluding hydrogens is 535 g/mol. The van der Waals surface area contributed by atoms with Crippen molar-refractivity contribution in [3.63, 3.8) is 0 Å². The Kier molecular flexibility index (Phi) is 7.35. The second-order valence-electron chi connectivity index (χ2n) is 11.4. The van der Waals surface area contributed by atoms with E-state index < -0.39 is 17.5 Å². The van der Waals surface area contributed by atoms with Crippen molar-refractivity contribution in [3.05, 3.63) is 75.7 Å². The summed E-state index contributed by atoms with van der Waals surface area (Å²) in [5.41, 5.74) is 1.78. The third-order valence-electron chi connectivity index (χ3n) is 7.63. The van der Waals surface area contributed by atoms with E-state index in [1.807, 2.05) is 26.8 Å². The second-order valence-corrected chi connectivity index (χ2v) is 11.8. The Labute approximate surface area is 237 Å². The third kappa shape index (κ3) is 5.43. The molecule has 0 saturated carbocycles. The van der Waals surface area contributed by atoms with Crippen molar-refractivity contribution >= 4 is 23.3 Å². The number of hydrogen-bond acceptors (Lipinski definition) is 6. The zero-order valence-corrected chi connectivity index (χ0v) is 23.7. The van der Waals surface area contributed by atoms with Gasteiger partial charge >= 0.3 is 0 Å². The molecule has 0 aliphatic carbocycles. The maximum atomic E-state index is 13.9. The normalized spacial score (nSPS) is 19.0. The first kappa shape index (κ1) is 28.1. The molecule has 1 aromatic heterocycles. The average Bonchev–Trinajstić information content (AvgIpc) is 3.46. The van der Waals surface area contributed by atoms with Gasteiger partial charge in [-0.2, -0.15) is 0 Å². The van der Waals surface area contributed by atoms with E-state index >= 15 is 0 Å². The van der Waals surface area contributed by atoms with Gasteiger partial charge in [0.1, 0.15) is 28.6 Å². The first-order valence-corrected chi connectivity index (χ1v) is 13.7. The Bertz CT molecular complexity index is 1500. The van der Waals surface area contributed by atoms with E-state index in [1.165, 1.54) is 12.1 Å². The number of nitrogens with zero attached hydrogens (tertiary/aromatic N) is 1. The molecule has 0 bridgehead atoms. The van der Waals surface area contributed by atoms with Gasteiger partial charge in [0.15, 0.2) is 11.9 Å². The van der Waals surface area contributed by atoms with Gasteiger partial charge in [0.2, 0.25) is 0 Å². The summed E-state index contributed by atoms with van der Waals surface area (Å²) in [5, 5.41) is 14.2. The van der Waals surface area contributed by atoms with Crippen molar-refractivity contribution < 1.29 is 28.6 Å². The van der Waals surface area contributed by atoms with E-state index in [-0.39, 0.29) is 35.0 Å². The SMILES string of the molecule is Cc1cc(C(=O)CCC(C)(O)c2cc3c(c(-c4ccc(F)c(Cl)c4)n2)OCC3(C)C)ccc1OC1CCNC1=O. The lowest BCUT2D eigenvalue weighted by atomic mass is 9.83. The number of ketones is 1. The van der Waals surface area contributed by atoms with E-state index in [0.29, 0.717) is 53.6 Å². The van der Waals surface area contributed by atoms with E-state index in [9.17, 15) is 19.1 Å². The van der Waals surface area contributed by atoms with Gasteiger partial charge in [0.25, 0.3) is 5.91 Å². The third-order valence-corrected chi connectivity index (χ3v) is 7.92. The minimum atomic E-state index is -1.43. The summed E-state index contributed by atoms with van der Waals surface area (Å²) < 4.78 is 25.7. The number of amides is 1. The number of pyridine rings is 1. The Morgan fingerprint density at radius 3 is 2.73 bits per heavy atom. The zero-order valence-electron chi connectivity index (χ0n) is 22.9. The number of aliphatic hydroxyl groups is 1. The number of aromatic nitrogens is 1. The highest BCUT2D eigenvalue weighted by atomic mass is 35.5. The smallest absolute Gasteiger partial charge is 0.261 e. The largest absolute Gasteiger partial charge is 0.490 e. The molecule has 5 rings (SSSR count). The molecule has 2 atom stereocenters. The van der Waals surface area contributed by atoms with Crippen molar-refractivity contribution in [2.75, 3.05) is 13.2 Å². The molecule has 40 heavy (non-hydrogen) atoms. The van der Waals surface area contributed by atoms with Crippen molar-refractivity contribution in [1.82, 2.24) is 10.3 Å². The van der Waals surface area contributed by atoms with Gasteiger partial charge in [-0.3, -0.25) is 9.59 Å². The fourth-order valence-corrected chi connectivity index (χ4v) is 5.23. The van der Waals surface area contributed by atoms with Gasteiger partial charge in [0, 0.05) is 41.5 Å². The molecule has 2 N–H and O–H groups in total. The zero-order chi connectivity index (χ0) is 28.8. The first-order valence-electron chi connectivity index (χ1n) is 13.3. The van der Waals surface area contributed by atoms with Crippen LogP contribution in [0.5, 0.6) is 11.5 Å². The van der Waals surface area contributed by atoms with Gasteiger partial charge in [0.05, 0.1) is 17.3 Å². The summed E-state index contributed by atoms with van der Waals surface area (Å²) in [6.07, 6.45) is 0.279. The van der Waals surface area contributed by atoms with Gasteiger partial charge in [-0.25, -0.2) is 9.37 Å². The summed E-state index contributed by atoms with van der Waals surface area (Å²) in [6.45, 7) is 8.56. The molecule has 7 nitrogen and oxygen atoms in total. The number of hydrogen-bond donors (Lipinski definition) is 2. The van der Waals surface area contributed by atoms with Crippen LogP contribution in [0.3, 0.4) is 0 Å². The van der Waals surface area contributed by atoms with Crippen LogP contribution >= 0.6 is 11.6 Å². The molecule has 9 heteroatoms. The minimum Gasteiger partial charge on any atom is -0.490 e. The molecule has 1 amide bonds. The predicted octanol–water partition coefficient (Wildman–Crippen LogP) is 5.66. The first-order chi connectivity index (χ1) is 18.9. The number of aryl methyl sites for hydroxylation is 1. The highest BCUT2D eigenvalue weighted by Crippen LogP contribution is 2.46. The van der Waals surface area contributed by atoms with Crippen LogP contribution in [0.15, 0.2) is 42.5 Å². The average molecular weight is 567 g/mol. The number of halogens is 2. The molecule has 1 fully saturated rings. The van der Waals surface area contributed by atoms with Crippen LogP contribution in [-0.2, 0) is 15.8 Å². The number of fused-ring (bicyclic) bond motifs is 1. The number of rotatable bonds is 8. The fraction of sp³-hybridized carbons (Fsp3) is 0.387. The van der Waals surface area contributed by atoms with E-state index in [0.717, 1.165) is 11.1 Å². The molecule has 2 aliphatic rings. The van der Waals surface area contributed by atoms with E-state index in [4.69, 9.17) is 26.1 Å². The van der Waals surface area contributed by atoms with Crippen molar-refractivity contribution in [2.24, 2.45) is 0 Å². The lowest BCUT2D eigenvalue weighted by molar-refractivity contribution is -0.124. The molecule has 2 unspecified atom stereocenters. The summed E-state index contributed by atoms with van der Waals surface area (Å²) >= 11 is 6.06. The van der Waals surface area contributed by atoms with Gasteiger partial charge in [-0.05, 0) is 68.3 Å². The predicted molar refractivity (Wildman–Crippen MR) is 150 cm³/mol. The number of ether oxygens (including phenoxy) is 2. The van der Waals surface area contributed by atoms with Gasteiger partial charge in [-0.1, -0.05) is 25.4 Å². The van der Waals surface area contributed by atoms with Crippen LogP contribution in [-0.4, -0.2) is 41.0 Å². The standard InChI is InChI=1S/C31H32ClFN2O5/c1-17-13-18(6-8-24(17)40-25-10-12-34-29(25)37)23(36)9-11-31(4,38)26-15-20-28(39-16-30(20,2)3)27(35-26)19-5-7-22(33)21(32)14-19/h5-8,13-15,25,38H,9-12,16H2,1-4H3,(H,34,37). The van der Waals surface area contributed by atoms with Gasteiger partial charge < -0.3 is 19.9 Å². The fourth-order valence-electron chi connectivity index (χ4n) is 5.05. The topological polar surface area (TPSA) is 97.8 Å². The molecule has 0 spiro atoms. The van der Waals surface area contributed by atoms with Crippen LogP contribution in [0.2, 0.25) is 5.02 Å². The second kappa shape index (κ2) is 10.5. The molecular formula is C31H32ClFN2O5. The molecule has 0 radical (unpaired) electrons. The Balaban J connectivity index is 1.37. The summed E-state index contributed by atoms with van der Waals surface area (Å²) in [6, 6.07) is 11.3. The molecule has 1 saturated heterocycles. The summed E-state index contributed by atoms with van der Waals surface area (Å²) in [5.74, 6) is 0.331. The molecule has 3 aromatic rings. The quantitative estimate of drug-likeness (QED) is 0.342. The van der Waals surface area contributed by atoms with E-state index in [2.05, 4.69) is 5.32 Å². The number of carbonyl (C=O) groups excluding carboxylic acids is 2. The lowest BCUT2D eigenvalue weighted by Gasteiger charge is -2.25. The maximum Gasteiger partial charge on any atom is 0.261 e. The van der Waals surface area contributed by atoms with Crippen LogP contribution in [0, 0.1) is 12.7 Å². The summed E-state index contributed by atoms with van der Waals surface area (Å²) in [4.78, 5) is 29.7. The van der Waals surface area contributed by atoms with Gasteiger partial charge in [-0.15, -0.1) is 0 Å². The highest BCUT2D eigenvalue weighted by Gasteiger charge is 2.38. The van der Waals surface area contributed by atoms with Crippen LogP contribution in [0.1, 0.15) is 67.2 Å². The Hall–Kier alpha value is -3.49. The number of benzene rings is 2. The minimum absolute atomic E-state index is 0.0358. The monoisotopic (exact) mass is 566 g/mol. The van der Waals surface area contributed by atoms with Crippen LogP contribution < -0.4 is 14.8 Å². The van der Waals surface area contributed by atoms with E-state index in [1.54, 1.807) is 31.2 Å². The highest BCUT2D eigenvalue weighted by molar-refractivity contribution is 6.31. The number of carbonyl (C=O) groups is 2. The van der Waals surface area contributed by atoms with Crippen LogP contribution in [0.25, 0.3) is 11.3 Å². The Morgan fingerprint density at radius 2 is 2.05 bits per heavy atom. The molecule has 3 heterocycles.